The number of hydrogen-bond donors (Lipinski definition) is 2. The predicted octanol–water partition coefficient (Wildman–Crippen LogP) is 1.56. The molecule has 0 aliphatic heterocycles. The molecule has 2 heterocycles. The van der Waals surface area contributed by atoms with E-state index in [1.54, 1.807) is 13.3 Å². The Kier molecular flexibility index (Phi) is 4.86. The molecule has 20 heavy (non-hydrogen) atoms. The molecule has 0 saturated heterocycles. The van der Waals surface area contributed by atoms with Crippen LogP contribution in [0.2, 0.25) is 0 Å². The summed E-state index contributed by atoms with van der Waals surface area (Å²) in [7, 11) is 1.60. The van der Waals surface area contributed by atoms with Crippen molar-refractivity contribution in [1.29, 1.82) is 0 Å². The van der Waals surface area contributed by atoms with Crippen molar-refractivity contribution in [3.63, 3.8) is 0 Å². The number of ether oxygens (including phenoxy) is 1. The van der Waals surface area contributed by atoms with Gasteiger partial charge in [0.1, 0.15) is 0 Å². The number of nitrogens with one attached hydrogen (secondary N) is 2. The van der Waals surface area contributed by atoms with Crippen molar-refractivity contribution in [3.05, 3.63) is 22.6 Å². The third kappa shape index (κ3) is 3.43. The SMILES string of the molecule is COCCNC(=O)CCn1c(=S)[nH]c2cc(C)cnc21. The lowest BCUT2D eigenvalue weighted by Gasteiger charge is -2.06. The number of hydrogen-bond acceptors (Lipinski definition) is 4. The Morgan fingerprint density at radius 3 is 3.15 bits per heavy atom. The molecule has 6 nitrogen and oxygen atoms in total. The van der Waals surface area contributed by atoms with Gasteiger partial charge in [-0.05, 0) is 30.8 Å². The number of carbonyl (C=O) groups is 1. The lowest BCUT2D eigenvalue weighted by atomic mass is 10.3. The first kappa shape index (κ1) is 14.7. The Balaban J connectivity index is 2.05. The van der Waals surface area contributed by atoms with Crippen molar-refractivity contribution in [2.45, 2.75) is 19.9 Å². The van der Waals surface area contributed by atoms with Crippen molar-refractivity contribution in [2.75, 3.05) is 20.3 Å². The van der Waals surface area contributed by atoms with Crippen LogP contribution < -0.4 is 5.32 Å². The summed E-state index contributed by atoms with van der Waals surface area (Å²) in [6.07, 6.45) is 2.15. The monoisotopic (exact) mass is 294 g/mol. The van der Waals surface area contributed by atoms with Crippen LogP contribution in [0.4, 0.5) is 0 Å². The topological polar surface area (TPSA) is 71.9 Å². The highest BCUT2D eigenvalue weighted by Crippen LogP contribution is 2.13. The summed E-state index contributed by atoms with van der Waals surface area (Å²) in [5.74, 6) is -0.0228. The predicted molar refractivity (Wildman–Crippen MR) is 79.2 cm³/mol. The lowest BCUT2D eigenvalue weighted by Crippen LogP contribution is -2.27. The molecule has 108 valence electrons. The van der Waals surface area contributed by atoms with Crippen molar-refractivity contribution in [1.82, 2.24) is 19.9 Å². The quantitative estimate of drug-likeness (QED) is 0.626. The Labute approximate surface area is 122 Å². The van der Waals surface area contributed by atoms with Crippen molar-refractivity contribution < 1.29 is 9.53 Å². The highest BCUT2D eigenvalue weighted by Gasteiger charge is 2.08. The highest BCUT2D eigenvalue weighted by molar-refractivity contribution is 7.71. The van der Waals surface area contributed by atoms with Crippen molar-refractivity contribution in [3.8, 4) is 0 Å². The zero-order chi connectivity index (χ0) is 14.5. The molecule has 0 radical (unpaired) electrons. The van der Waals surface area contributed by atoms with Gasteiger partial charge in [0.15, 0.2) is 10.4 Å². The molecule has 2 rings (SSSR count). The maximum Gasteiger partial charge on any atom is 0.221 e. The average molecular weight is 294 g/mol. The van der Waals surface area contributed by atoms with E-state index >= 15 is 0 Å². The van der Waals surface area contributed by atoms with E-state index in [1.807, 2.05) is 17.6 Å². The molecule has 2 N–H and O–H groups in total. The van der Waals surface area contributed by atoms with E-state index in [0.29, 0.717) is 30.9 Å². The van der Waals surface area contributed by atoms with Gasteiger partial charge in [0.25, 0.3) is 0 Å². The smallest absolute Gasteiger partial charge is 0.221 e. The van der Waals surface area contributed by atoms with E-state index in [2.05, 4.69) is 15.3 Å². The summed E-state index contributed by atoms with van der Waals surface area (Å²) >= 11 is 5.27. The van der Waals surface area contributed by atoms with Crippen molar-refractivity contribution in [2.24, 2.45) is 0 Å². The minimum atomic E-state index is -0.0228. The van der Waals surface area contributed by atoms with Gasteiger partial charge in [-0.15, -0.1) is 0 Å². The molecule has 2 aromatic heterocycles. The molecular formula is C13H18N4O2S. The number of amides is 1. The van der Waals surface area contributed by atoms with Crippen LogP contribution in [-0.4, -0.2) is 40.7 Å². The second-order valence-electron chi connectivity index (χ2n) is 4.56. The molecule has 0 atom stereocenters. The normalized spacial score (nSPS) is 10.9. The molecule has 0 aliphatic rings. The molecule has 2 aromatic rings. The molecular weight excluding hydrogens is 276 g/mol. The molecule has 7 heteroatoms. The number of H-pyrrole nitrogens is 1. The van der Waals surface area contributed by atoms with Crippen LogP contribution in [0.1, 0.15) is 12.0 Å². The minimum absolute atomic E-state index is 0.0228. The fraction of sp³-hybridized carbons (Fsp3) is 0.462. The number of nitrogens with zero attached hydrogens (tertiary/aromatic N) is 2. The Morgan fingerprint density at radius 2 is 2.40 bits per heavy atom. The second kappa shape index (κ2) is 6.62. The van der Waals surface area contributed by atoms with Crippen molar-refractivity contribution >= 4 is 29.3 Å². The Morgan fingerprint density at radius 1 is 1.60 bits per heavy atom. The summed E-state index contributed by atoms with van der Waals surface area (Å²) in [6.45, 7) is 3.52. The van der Waals surface area contributed by atoms with E-state index < -0.39 is 0 Å². The number of fused-ring (bicyclic) bond motifs is 1. The van der Waals surface area contributed by atoms with Gasteiger partial charge in [0.2, 0.25) is 5.91 Å². The Bertz CT molecular complexity index is 662. The first-order chi connectivity index (χ1) is 9.61. The number of methoxy groups -OCH3 is 1. The number of imidazole rings is 1. The van der Waals surface area contributed by atoms with Crippen LogP contribution in [0.15, 0.2) is 12.3 Å². The average Bonchev–Trinajstić information content (AvgIpc) is 2.71. The van der Waals surface area contributed by atoms with Gasteiger partial charge < -0.3 is 19.6 Å². The van der Waals surface area contributed by atoms with E-state index in [1.165, 1.54) is 0 Å². The summed E-state index contributed by atoms with van der Waals surface area (Å²) in [5.41, 5.74) is 2.75. The molecule has 0 fully saturated rings. The first-order valence-electron chi connectivity index (χ1n) is 6.42. The van der Waals surface area contributed by atoms with Crippen LogP contribution in [0.5, 0.6) is 0 Å². The third-order valence-corrected chi connectivity index (χ3v) is 3.26. The number of carbonyl (C=O) groups excluding carboxylic acids is 1. The lowest BCUT2D eigenvalue weighted by molar-refractivity contribution is -0.121. The van der Waals surface area contributed by atoms with Gasteiger partial charge in [-0.2, -0.15) is 0 Å². The van der Waals surface area contributed by atoms with Crippen LogP contribution in [0.3, 0.4) is 0 Å². The molecule has 0 bridgehead atoms. The fourth-order valence-corrected chi connectivity index (χ4v) is 2.24. The van der Waals surface area contributed by atoms with Crippen LogP contribution in [0.25, 0.3) is 11.2 Å². The first-order valence-corrected chi connectivity index (χ1v) is 6.83. The van der Waals surface area contributed by atoms with E-state index in [4.69, 9.17) is 17.0 Å². The molecule has 1 amide bonds. The zero-order valence-corrected chi connectivity index (χ0v) is 12.4. The van der Waals surface area contributed by atoms with E-state index in [9.17, 15) is 4.79 Å². The Hall–Kier alpha value is -1.73. The number of aromatic amines is 1. The molecule has 0 aliphatic carbocycles. The van der Waals surface area contributed by atoms with Crippen LogP contribution in [0, 0.1) is 11.7 Å². The third-order valence-electron chi connectivity index (χ3n) is 2.94. The van der Waals surface area contributed by atoms with E-state index in [0.717, 1.165) is 16.7 Å². The second-order valence-corrected chi connectivity index (χ2v) is 4.95. The van der Waals surface area contributed by atoms with Gasteiger partial charge >= 0.3 is 0 Å². The van der Waals surface area contributed by atoms with Gasteiger partial charge in [0.05, 0.1) is 12.1 Å². The van der Waals surface area contributed by atoms with Gasteiger partial charge in [-0.3, -0.25) is 4.79 Å². The molecule has 0 saturated carbocycles. The molecule has 0 aromatic carbocycles. The van der Waals surface area contributed by atoms with E-state index in [-0.39, 0.29) is 5.91 Å². The van der Waals surface area contributed by atoms with Gasteiger partial charge in [-0.25, -0.2) is 4.98 Å². The maximum atomic E-state index is 11.7. The van der Waals surface area contributed by atoms with Crippen LogP contribution in [-0.2, 0) is 16.1 Å². The summed E-state index contributed by atoms with van der Waals surface area (Å²) < 4.78 is 7.31. The number of aryl methyl sites for hydroxylation is 2. The van der Waals surface area contributed by atoms with Gasteiger partial charge in [-0.1, -0.05) is 0 Å². The highest BCUT2D eigenvalue weighted by atomic mass is 32.1. The molecule has 0 unspecified atom stereocenters. The van der Waals surface area contributed by atoms with Gasteiger partial charge in [0, 0.05) is 32.8 Å². The van der Waals surface area contributed by atoms with Crippen LogP contribution >= 0.6 is 12.2 Å². The fourth-order valence-electron chi connectivity index (χ4n) is 1.95. The largest absolute Gasteiger partial charge is 0.383 e. The number of rotatable bonds is 6. The summed E-state index contributed by atoms with van der Waals surface area (Å²) in [6, 6.07) is 1.99. The summed E-state index contributed by atoms with van der Waals surface area (Å²) in [4.78, 5) is 19.1. The zero-order valence-electron chi connectivity index (χ0n) is 11.6. The summed E-state index contributed by atoms with van der Waals surface area (Å²) in [5, 5.41) is 2.78. The number of aromatic nitrogens is 3. The standard InChI is InChI=1S/C13H18N4O2S/c1-9-7-10-12(15-8-9)17(13(20)16-10)5-3-11(18)14-4-6-19-2/h7-8H,3-6H2,1-2H3,(H,14,18)(H,16,20). The maximum absolute atomic E-state index is 11.7. The number of pyridine rings is 1. The minimum Gasteiger partial charge on any atom is -0.383 e. The molecule has 0 spiro atoms.